The summed E-state index contributed by atoms with van der Waals surface area (Å²) < 4.78 is 5.01. The molecule has 0 radical (unpaired) electrons. The van der Waals surface area contributed by atoms with Crippen molar-refractivity contribution in [2.24, 2.45) is 11.7 Å². The lowest BCUT2D eigenvalue weighted by Gasteiger charge is -2.19. The van der Waals surface area contributed by atoms with Crippen LogP contribution in [-0.2, 0) is 11.3 Å². The zero-order chi connectivity index (χ0) is 14.6. The van der Waals surface area contributed by atoms with E-state index < -0.39 is 11.9 Å². The lowest BCUT2D eigenvalue weighted by molar-refractivity contribution is -0.121. The topological polar surface area (TPSA) is 84.6 Å². The zero-order valence-electron chi connectivity index (χ0n) is 11.2. The SMILES string of the molecule is COc1cc(Cl)cc(CNC(C(N)=O)C(C)C)c1O. The number of primary amides is 1. The molecule has 0 spiro atoms. The number of hydrogen-bond donors (Lipinski definition) is 3. The fourth-order valence-electron chi connectivity index (χ4n) is 1.80. The molecule has 1 atom stereocenters. The minimum Gasteiger partial charge on any atom is -0.504 e. The second kappa shape index (κ2) is 6.63. The minimum atomic E-state index is -0.468. The Morgan fingerprint density at radius 1 is 1.53 bits per heavy atom. The number of ether oxygens (including phenoxy) is 1. The highest BCUT2D eigenvalue weighted by molar-refractivity contribution is 6.30. The Kier molecular flexibility index (Phi) is 5.44. The van der Waals surface area contributed by atoms with Gasteiger partial charge >= 0.3 is 0 Å². The molecule has 106 valence electrons. The summed E-state index contributed by atoms with van der Waals surface area (Å²) in [5.41, 5.74) is 5.86. The molecule has 4 N–H and O–H groups in total. The molecule has 6 heteroatoms. The molecule has 1 aromatic rings. The number of methoxy groups -OCH3 is 1. The minimum absolute atomic E-state index is 0.00590. The van der Waals surface area contributed by atoms with Crippen LogP contribution in [0.5, 0.6) is 11.5 Å². The fourth-order valence-corrected chi connectivity index (χ4v) is 2.03. The van der Waals surface area contributed by atoms with E-state index >= 15 is 0 Å². The molecule has 1 amide bonds. The monoisotopic (exact) mass is 286 g/mol. The van der Waals surface area contributed by atoms with E-state index in [0.717, 1.165) is 0 Å². The molecule has 0 aromatic heterocycles. The number of carbonyl (C=O) groups excluding carboxylic acids is 1. The van der Waals surface area contributed by atoms with E-state index in [4.69, 9.17) is 22.1 Å². The molecule has 1 aromatic carbocycles. The number of phenolic OH excluding ortho intramolecular Hbond substituents is 1. The number of halogens is 1. The van der Waals surface area contributed by atoms with Gasteiger partial charge in [0.25, 0.3) is 0 Å². The van der Waals surface area contributed by atoms with Gasteiger partial charge in [-0.1, -0.05) is 25.4 Å². The second-order valence-electron chi connectivity index (χ2n) is 4.62. The van der Waals surface area contributed by atoms with E-state index in [-0.39, 0.29) is 18.2 Å². The van der Waals surface area contributed by atoms with Gasteiger partial charge in [-0.15, -0.1) is 0 Å². The van der Waals surface area contributed by atoms with Crippen molar-refractivity contribution in [3.05, 3.63) is 22.7 Å². The van der Waals surface area contributed by atoms with Gasteiger partial charge in [0.1, 0.15) is 0 Å². The number of nitrogens with one attached hydrogen (secondary N) is 1. The second-order valence-corrected chi connectivity index (χ2v) is 5.06. The van der Waals surface area contributed by atoms with Gasteiger partial charge in [-0.3, -0.25) is 4.79 Å². The van der Waals surface area contributed by atoms with Crippen molar-refractivity contribution in [2.75, 3.05) is 7.11 Å². The highest BCUT2D eigenvalue weighted by Gasteiger charge is 2.19. The smallest absolute Gasteiger partial charge is 0.234 e. The molecule has 0 aliphatic heterocycles. The Bertz CT molecular complexity index is 463. The lowest BCUT2D eigenvalue weighted by atomic mass is 10.0. The number of aromatic hydroxyl groups is 1. The lowest BCUT2D eigenvalue weighted by Crippen LogP contribution is -2.44. The third kappa shape index (κ3) is 4.01. The number of carbonyl (C=O) groups is 1. The Balaban J connectivity index is 2.88. The van der Waals surface area contributed by atoms with Crippen molar-refractivity contribution in [1.29, 1.82) is 0 Å². The molecule has 0 bridgehead atoms. The normalized spacial score (nSPS) is 12.5. The molecule has 1 unspecified atom stereocenters. The first kappa shape index (κ1) is 15.6. The Labute approximate surface area is 117 Å². The Hall–Kier alpha value is -1.46. The van der Waals surface area contributed by atoms with E-state index in [1.54, 1.807) is 6.07 Å². The maximum absolute atomic E-state index is 11.3. The summed E-state index contributed by atoms with van der Waals surface area (Å²) in [6.07, 6.45) is 0. The third-order valence-corrected chi connectivity index (χ3v) is 3.04. The van der Waals surface area contributed by atoms with Crippen LogP contribution in [0.1, 0.15) is 19.4 Å². The maximum atomic E-state index is 11.3. The predicted octanol–water partition coefficient (Wildman–Crippen LogP) is 1.65. The average molecular weight is 287 g/mol. The van der Waals surface area contributed by atoms with Crippen LogP contribution in [0.3, 0.4) is 0 Å². The number of benzene rings is 1. The third-order valence-electron chi connectivity index (χ3n) is 2.82. The molecular formula is C13H19ClN2O3. The van der Waals surface area contributed by atoms with Crippen LogP contribution in [-0.4, -0.2) is 24.2 Å². The van der Waals surface area contributed by atoms with Crippen LogP contribution in [0.25, 0.3) is 0 Å². The van der Waals surface area contributed by atoms with Gasteiger partial charge < -0.3 is 20.9 Å². The summed E-state index contributed by atoms with van der Waals surface area (Å²) in [6.45, 7) is 4.05. The van der Waals surface area contributed by atoms with Crippen LogP contribution >= 0.6 is 11.6 Å². The molecule has 19 heavy (non-hydrogen) atoms. The van der Waals surface area contributed by atoms with Crippen molar-refractivity contribution in [1.82, 2.24) is 5.32 Å². The van der Waals surface area contributed by atoms with Gasteiger partial charge in [0.15, 0.2) is 11.5 Å². The van der Waals surface area contributed by atoms with Crippen molar-refractivity contribution in [3.8, 4) is 11.5 Å². The number of phenols is 1. The van der Waals surface area contributed by atoms with E-state index in [0.29, 0.717) is 16.3 Å². The van der Waals surface area contributed by atoms with Gasteiger partial charge in [-0.2, -0.15) is 0 Å². The molecule has 0 aliphatic carbocycles. The quantitative estimate of drug-likeness (QED) is 0.742. The van der Waals surface area contributed by atoms with Gasteiger partial charge in [-0.25, -0.2) is 0 Å². The maximum Gasteiger partial charge on any atom is 0.234 e. The van der Waals surface area contributed by atoms with Crippen LogP contribution in [0.2, 0.25) is 5.02 Å². The highest BCUT2D eigenvalue weighted by Crippen LogP contribution is 2.33. The summed E-state index contributed by atoms with van der Waals surface area (Å²) >= 11 is 5.93. The molecular weight excluding hydrogens is 268 g/mol. The molecule has 0 heterocycles. The van der Waals surface area contributed by atoms with Gasteiger partial charge in [0.2, 0.25) is 5.91 Å². The summed E-state index contributed by atoms with van der Waals surface area (Å²) in [6, 6.07) is 2.67. The van der Waals surface area contributed by atoms with Gasteiger partial charge in [0, 0.05) is 23.2 Å². The van der Waals surface area contributed by atoms with Crippen LogP contribution in [0.4, 0.5) is 0 Å². The molecule has 0 saturated heterocycles. The molecule has 0 fully saturated rings. The molecule has 1 rings (SSSR count). The number of amides is 1. The zero-order valence-corrected chi connectivity index (χ0v) is 12.0. The first-order valence-corrected chi connectivity index (χ1v) is 6.32. The number of nitrogens with two attached hydrogens (primary N) is 1. The van der Waals surface area contributed by atoms with Gasteiger partial charge in [-0.05, 0) is 12.0 Å². The molecule has 0 saturated carbocycles. The largest absolute Gasteiger partial charge is 0.504 e. The van der Waals surface area contributed by atoms with E-state index in [9.17, 15) is 9.90 Å². The Morgan fingerprint density at radius 3 is 2.63 bits per heavy atom. The van der Waals surface area contributed by atoms with Crippen molar-refractivity contribution in [3.63, 3.8) is 0 Å². The summed E-state index contributed by atoms with van der Waals surface area (Å²) in [5.74, 6) is -0.0694. The summed E-state index contributed by atoms with van der Waals surface area (Å²) in [7, 11) is 1.45. The standard InChI is InChI=1S/C13H19ClN2O3/c1-7(2)11(13(15)18)16-6-8-4-9(14)5-10(19-3)12(8)17/h4-5,7,11,16-17H,6H2,1-3H3,(H2,15,18). The summed E-state index contributed by atoms with van der Waals surface area (Å²) in [4.78, 5) is 11.3. The van der Waals surface area contributed by atoms with E-state index in [1.807, 2.05) is 13.8 Å². The van der Waals surface area contributed by atoms with E-state index in [1.165, 1.54) is 13.2 Å². The first-order chi connectivity index (χ1) is 8.86. The van der Waals surface area contributed by atoms with Gasteiger partial charge in [0.05, 0.1) is 13.2 Å². The highest BCUT2D eigenvalue weighted by atomic mass is 35.5. The van der Waals surface area contributed by atoms with E-state index in [2.05, 4.69) is 5.32 Å². The average Bonchev–Trinajstić information content (AvgIpc) is 2.32. The molecule has 5 nitrogen and oxygen atoms in total. The predicted molar refractivity (Wildman–Crippen MR) is 74.3 cm³/mol. The van der Waals surface area contributed by atoms with Crippen LogP contribution in [0, 0.1) is 5.92 Å². The number of rotatable bonds is 6. The van der Waals surface area contributed by atoms with Crippen molar-refractivity contribution in [2.45, 2.75) is 26.4 Å². The van der Waals surface area contributed by atoms with Crippen molar-refractivity contribution >= 4 is 17.5 Å². The Morgan fingerprint density at radius 2 is 2.16 bits per heavy atom. The first-order valence-electron chi connectivity index (χ1n) is 5.94. The van der Waals surface area contributed by atoms with Crippen LogP contribution < -0.4 is 15.8 Å². The fraction of sp³-hybridized carbons (Fsp3) is 0.462. The summed E-state index contributed by atoms with van der Waals surface area (Å²) in [5, 5.41) is 13.4. The van der Waals surface area contributed by atoms with Crippen molar-refractivity contribution < 1.29 is 14.6 Å². The molecule has 0 aliphatic rings. The number of hydrogen-bond acceptors (Lipinski definition) is 4. The van der Waals surface area contributed by atoms with Crippen LogP contribution in [0.15, 0.2) is 12.1 Å².